The lowest BCUT2D eigenvalue weighted by Crippen LogP contribution is -2.41. The van der Waals surface area contributed by atoms with Gasteiger partial charge in [-0.2, -0.15) is 0 Å². The summed E-state index contributed by atoms with van der Waals surface area (Å²) in [6, 6.07) is 8.30. The fourth-order valence-corrected chi connectivity index (χ4v) is 2.65. The van der Waals surface area contributed by atoms with Gasteiger partial charge >= 0.3 is 0 Å². The number of carbonyl (C=O) groups is 1. The molecule has 22 heavy (non-hydrogen) atoms. The molecule has 5 heteroatoms. The smallest absolute Gasteiger partial charge is 0.260 e. The number of ether oxygens (including phenoxy) is 1. The molecule has 1 N–H and O–H groups in total. The lowest BCUT2D eigenvalue weighted by molar-refractivity contribution is -0.133. The zero-order valence-corrected chi connectivity index (χ0v) is 14.5. The maximum absolute atomic E-state index is 12.2. The number of nitrogens with one attached hydrogen (secondary N) is 1. The van der Waals surface area contributed by atoms with Crippen LogP contribution in [0.25, 0.3) is 0 Å². The normalized spacial score (nSPS) is 18.4. The third kappa shape index (κ3) is 4.62. The fourth-order valence-electron chi connectivity index (χ4n) is 2.65. The molecule has 1 aliphatic rings. The fraction of sp³-hybridized carbons (Fsp3) is 0.588. The van der Waals surface area contributed by atoms with Gasteiger partial charge in [-0.3, -0.25) is 4.79 Å². The van der Waals surface area contributed by atoms with Gasteiger partial charge in [0.05, 0.1) is 0 Å². The largest absolute Gasteiger partial charge is 0.483 e. The molecule has 1 amide bonds. The summed E-state index contributed by atoms with van der Waals surface area (Å²) in [6.07, 6.45) is 2.08. The number of likely N-dealkylation sites (N-methyl/N-ethyl adjacent to an activating group) is 1. The van der Waals surface area contributed by atoms with E-state index in [2.05, 4.69) is 25.2 Å². The van der Waals surface area contributed by atoms with Gasteiger partial charge in [-0.1, -0.05) is 32.0 Å². The van der Waals surface area contributed by atoms with Crippen LogP contribution in [0.1, 0.15) is 38.2 Å². The average molecular weight is 327 g/mol. The van der Waals surface area contributed by atoms with Crippen LogP contribution in [0, 0.1) is 0 Å². The maximum Gasteiger partial charge on any atom is 0.260 e. The van der Waals surface area contributed by atoms with E-state index in [0.717, 1.165) is 31.7 Å². The van der Waals surface area contributed by atoms with Crippen LogP contribution in [-0.4, -0.2) is 43.6 Å². The van der Waals surface area contributed by atoms with E-state index in [1.807, 2.05) is 30.1 Å². The van der Waals surface area contributed by atoms with Crippen molar-refractivity contribution in [2.24, 2.45) is 0 Å². The number of hydrogen-bond acceptors (Lipinski definition) is 3. The minimum Gasteiger partial charge on any atom is -0.483 e. The summed E-state index contributed by atoms with van der Waals surface area (Å²) < 4.78 is 5.79. The first-order valence-electron chi connectivity index (χ1n) is 7.81. The Morgan fingerprint density at radius 1 is 1.45 bits per heavy atom. The minimum atomic E-state index is 0. The number of hydrogen-bond donors (Lipinski definition) is 1. The third-order valence-electron chi connectivity index (χ3n) is 4.39. The molecular weight excluding hydrogens is 300 g/mol. The van der Waals surface area contributed by atoms with E-state index in [9.17, 15) is 4.79 Å². The summed E-state index contributed by atoms with van der Waals surface area (Å²) in [7, 11) is 1.87. The van der Waals surface area contributed by atoms with Crippen molar-refractivity contribution in [3.05, 3.63) is 29.8 Å². The number of amides is 1. The van der Waals surface area contributed by atoms with E-state index in [1.165, 1.54) is 5.56 Å². The van der Waals surface area contributed by atoms with Crippen LogP contribution >= 0.6 is 12.4 Å². The molecule has 1 aromatic rings. The van der Waals surface area contributed by atoms with Crippen LogP contribution in [-0.2, 0) is 4.79 Å². The van der Waals surface area contributed by atoms with E-state index in [0.29, 0.717) is 12.0 Å². The summed E-state index contributed by atoms with van der Waals surface area (Å²) in [6.45, 7) is 6.32. The van der Waals surface area contributed by atoms with Crippen molar-refractivity contribution in [3.63, 3.8) is 0 Å². The highest BCUT2D eigenvalue weighted by Gasteiger charge is 2.23. The second kappa shape index (κ2) is 9.01. The molecule has 124 valence electrons. The second-order valence-electron chi connectivity index (χ2n) is 5.79. The highest BCUT2D eigenvalue weighted by Crippen LogP contribution is 2.28. The van der Waals surface area contributed by atoms with E-state index >= 15 is 0 Å². The predicted octanol–water partition coefficient (Wildman–Crippen LogP) is 2.82. The van der Waals surface area contributed by atoms with Gasteiger partial charge in [0.15, 0.2) is 6.61 Å². The molecular formula is C17H27ClN2O2. The monoisotopic (exact) mass is 326 g/mol. The van der Waals surface area contributed by atoms with Gasteiger partial charge in [0, 0.05) is 19.6 Å². The highest BCUT2D eigenvalue weighted by atomic mass is 35.5. The van der Waals surface area contributed by atoms with Crippen molar-refractivity contribution < 1.29 is 9.53 Å². The quantitative estimate of drug-likeness (QED) is 0.874. The Balaban J connectivity index is 0.00000242. The van der Waals surface area contributed by atoms with Crippen LogP contribution in [0.5, 0.6) is 5.75 Å². The van der Waals surface area contributed by atoms with Crippen molar-refractivity contribution >= 4 is 18.3 Å². The molecule has 1 fully saturated rings. The van der Waals surface area contributed by atoms with Crippen molar-refractivity contribution in [3.8, 4) is 5.75 Å². The minimum absolute atomic E-state index is 0. The van der Waals surface area contributed by atoms with Gasteiger partial charge in [-0.05, 0) is 36.9 Å². The van der Waals surface area contributed by atoms with Crippen LogP contribution in [0.4, 0.5) is 0 Å². The molecule has 1 heterocycles. The van der Waals surface area contributed by atoms with E-state index < -0.39 is 0 Å². The molecule has 1 saturated heterocycles. The third-order valence-corrected chi connectivity index (χ3v) is 4.39. The van der Waals surface area contributed by atoms with Crippen LogP contribution < -0.4 is 10.1 Å². The van der Waals surface area contributed by atoms with Crippen molar-refractivity contribution in [2.45, 2.75) is 38.6 Å². The molecule has 1 aliphatic heterocycles. The van der Waals surface area contributed by atoms with Crippen LogP contribution in [0.3, 0.4) is 0 Å². The summed E-state index contributed by atoms with van der Waals surface area (Å²) in [5, 5.41) is 3.28. The zero-order chi connectivity index (χ0) is 15.2. The number of rotatable bonds is 6. The van der Waals surface area contributed by atoms with Gasteiger partial charge in [-0.25, -0.2) is 0 Å². The maximum atomic E-state index is 12.2. The lowest BCUT2D eigenvalue weighted by Gasteiger charge is -2.24. The molecule has 0 radical (unpaired) electrons. The number of para-hydroxylation sites is 1. The molecule has 0 bridgehead atoms. The predicted molar refractivity (Wildman–Crippen MR) is 91.9 cm³/mol. The zero-order valence-electron chi connectivity index (χ0n) is 13.7. The Labute approximate surface area is 139 Å². The molecule has 0 saturated carbocycles. The van der Waals surface area contributed by atoms with Crippen LogP contribution in [0.2, 0.25) is 0 Å². The van der Waals surface area contributed by atoms with Crippen LogP contribution in [0.15, 0.2) is 24.3 Å². The Kier molecular flexibility index (Phi) is 7.69. The standard InChI is InChI=1S/C17H26N2O2.ClH/c1-4-13(2)15-7-5-6-8-16(15)21-12-17(20)19(3)14-9-10-18-11-14;/h5-8,13-14,18H,4,9-12H2,1-3H3;1H. The molecule has 0 aliphatic carbocycles. The lowest BCUT2D eigenvalue weighted by atomic mass is 9.98. The van der Waals surface area contributed by atoms with Gasteiger partial charge in [0.1, 0.15) is 5.75 Å². The molecule has 4 nitrogen and oxygen atoms in total. The van der Waals surface area contributed by atoms with E-state index in [1.54, 1.807) is 0 Å². The number of nitrogens with zero attached hydrogens (tertiary/aromatic N) is 1. The number of carbonyl (C=O) groups excluding carboxylic acids is 1. The van der Waals surface area contributed by atoms with E-state index in [-0.39, 0.29) is 24.9 Å². The molecule has 0 aromatic heterocycles. The highest BCUT2D eigenvalue weighted by molar-refractivity contribution is 5.85. The SMILES string of the molecule is CCC(C)c1ccccc1OCC(=O)N(C)C1CCNC1.Cl. The van der Waals surface area contributed by atoms with E-state index in [4.69, 9.17) is 4.74 Å². The van der Waals surface area contributed by atoms with Crippen molar-refractivity contribution in [2.75, 3.05) is 26.7 Å². The summed E-state index contributed by atoms with van der Waals surface area (Å²) in [4.78, 5) is 14.0. The van der Waals surface area contributed by atoms with Gasteiger partial charge in [0.25, 0.3) is 5.91 Å². The topological polar surface area (TPSA) is 41.6 Å². The molecule has 2 unspecified atom stereocenters. The first-order chi connectivity index (χ1) is 10.1. The summed E-state index contributed by atoms with van der Waals surface area (Å²) in [5.41, 5.74) is 1.18. The Morgan fingerprint density at radius 2 is 2.18 bits per heavy atom. The van der Waals surface area contributed by atoms with Gasteiger partial charge in [0.2, 0.25) is 0 Å². The van der Waals surface area contributed by atoms with Crippen molar-refractivity contribution in [1.29, 1.82) is 0 Å². The van der Waals surface area contributed by atoms with Gasteiger partial charge in [-0.15, -0.1) is 12.4 Å². The number of benzene rings is 1. The first kappa shape index (κ1) is 18.8. The second-order valence-corrected chi connectivity index (χ2v) is 5.79. The molecule has 2 atom stereocenters. The van der Waals surface area contributed by atoms with Crippen molar-refractivity contribution in [1.82, 2.24) is 10.2 Å². The Hall–Kier alpha value is -1.26. The summed E-state index contributed by atoms with van der Waals surface area (Å²) in [5.74, 6) is 1.31. The molecule has 2 rings (SSSR count). The number of halogens is 1. The molecule has 0 spiro atoms. The summed E-state index contributed by atoms with van der Waals surface area (Å²) >= 11 is 0. The Morgan fingerprint density at radius 3 is 2.82 bits per heavy atom. The Bertz CT molecular complexity index is 475. The molecule has 1 aromatic carbocycles. The first-order valence-corrected chi connectivity index (χ1v) is 7.81. The van der Waals surface area contributed by atoms with Gasteiger partial charge < -0.3 is 15.0 Å². The average Bonchev–Trinajstić information content (AvgIpc) is 3.05.